The Bertz CT molecular complexity index is 821. The fourth-order valence-corrected chi connectivity index (χ4v) is 2.79. The van der Waals surface area contributed by atoms with E-state index in [1.807, 2.05) is 30.3 Å². The normalized spacial score (nSPS) is 20.2. The fraction of sp³-hybridized carbons (Fsp3) is 0.235. The Morgan fingerprint density at radius 2 is 1.96 bits per heavy atom. The Kier molecular flexibility index (Phi) is 3.94. The second kappa shape index (κ2) is 6.38. The van der Waals surface area contributed by atoms with Gasteiger partial charge in [0.15, 0.2) is 0 Å². The fourth-order valence-electron chi connectivity index (χ4n) is 2.79. The largest absolute Gasteiger partial charge is 0.497 e. The lowest BCUT2D eigenvalue weighted by atomic mass is 10.0. The molecular weight excluding hydrogens is 306 g/mol. The summed E-state index contributed by atoms with van der Waals surface area (Å²) in [6.45, 7) is 0. The maximum atomic E-state index is 5.42. The minimum Gasteiger partial charge on any atom is -0.497 e. The van der Waals surface area contributed by atoms with Gasteiger partial charge in [0.05, 0.1) is 7.11 Å². The third kappa shape index (κ3) is 2.86. The molecule has 0 spiro atoms. The lowest BCUT2D eigenvalue weighted by Gasteiger charge is -2.10. The van der Waals surface area contributed by atoms with Crippen LogP contribution in [0.2, 0.25) is 0 Å². The third-order valence-electron chi connectivity index (χ3n) is 4.08. The van der Waals surface area contributed by atoms with Crippen molar-refractivity contribution in [3.63, 3.8) is 0 Å². The molecule has 7 heteroatoms. The second-order valence-corrected chi connectivity index (χ2v) is 5.60. The molecule has 0 bridgehead atoms. The predicted octanol–water partition coefficient (Wildman–Crippen LogP) is 2.42. The number of nitrogens with one attached hydrogen (secondary N) is 2. The van der Waals surface area contributed by atoms with Crippen molar-refractivity contribution in [1.82, 2.24) is 26.0 Å². The Morgan fingerprint density at radius 1 is 1.12 bits per heavy atom. The van der Waals surface area contributed by atoms with Gasteiger partial charge in [-0.15, -0.1) is 0 Å². The molecule has 1 aliphatic heterocycles. The number of pyridine rings is 1. The van der Waals surface area contributed by atoms with Crippen molar-refractivity contribution in [2.24, 2.45) is 0 Å². The van der Waals surface area contributed by atoms with E-state index in [4.69, 9.17) is 9.26 Å². The van der Waals surface area contributed by atoms with Crippen molar-refractivity contribution in [2.45, 2.75) is 18.5 Å². The molecule has 122 valence electrons. The van der Waals surface area contributed by atoms with Crippen molar-refractivity contribution in [2.75, 3.05) is 7.11 Å². The first-order chi connectivity index (χ1) is 11.8. The molecule has 1 fully saturated rings. The van der Waals surface area contributed by atoms with Crippen LogP contribution < -0.4 is 15.6 Å². The number of hydrogen-bond acceptors (Lipinski definition) is 7. The molecule has 24 heavy (non-hydrogen) atoms. The smallest absolute Gasteiger partial charge is 0.245 e. The summed E-state index contributed by atoms with van der Waals surface area (Å²) < 4.78 is 10.7. The van der Waals surface area contributed by atoms with Crippen LogP contribution >= 0.6 is 0 Å². The predicted molar refractivity (Wildman–Crippen MR) is 86.9 cm³/mol. The van der Waals surface area contributed by atoms with E-state index in [2.05, 4.69) is 32.0 Å². The highest BCUT2D eigenvalue weighted by Gasteiger charge is 2.30. The monoisotopic (exact) mass is 323 g/mol. The molecule has 3 heterocycles. The standard InChI is InChI=1S/C17H17N5O2/c1-23-13-4-2-3-12(9-13)14-10-15(21-20-14)17-19-16(22-24-17)11-5-7-18-8-6-11/h2-9,14-15,20-21H,10H2,1H3. The number of aromatic nitrogens is 3. The molecule has 1 aliphatic rings. The highest BCUT2D eigenvalue weighted by molar-refractivity contribution is 5.52. The summed E-state index contributed by atoms with van der Waals surface area (Å²) in [5, 5.41) is 4.05. The van der Waals surface area contributed by atoms with Gasteiger partial charge in [0.2, 0.25) is 11.7 Å². The number of benzene rings is 1. The van der Waals surface area contributed by atoms with E-state index in [0.717, 1.165) is 23.3 Å². The van der Waals surface area contributed by atoms with Crippen molar-refractivity contribution in [3.8, 4) is 17.1 Å². The molecule has 4 rings (SSSR count). The average molecular weight is 323 g/mol. The van der Waals surface area contributed by atoms with Crippen LogP contribution in [0.4, 0.5) is 0 Å². The van der Waals surface area contributed by atoms with Crippen LogP contribution in [0.3, 0.4) is 0 Å². The van der Waals surface area contributed by atoms with Crippen LogP contribution in [0.25, 0.3) is 11.4 Å². The second-order valence-electron chi connectivity index (χ2n) is 5.60. The Labute approximate surface area is 139 Å². The van der Waals surface area contributed by atoms with E-state index >= 15 is 0 Å². The number of hydrazine groups is 1. The maximum Gasteiger partial charge on any atom is 0.245 e. The average Bonchev–Trinajstić information content (AvgIpc) is 3.32. The van der Waals surface area contributed by atoms with E-state index < -0.39 is 0 Å². The molecule has 2 aromatic heterocycles. The summed E-state index contributed by atoms with van der Waals surface area (Å²) in [6, 6.07) is 11.8. The number of methoxy groups -OCH3 is 1. The van der Waals surface area contributed by atoms with E-state index in [1.165, 1.54) is 0 Å². The van der Waals surface area contributed by atoms with E-state index in [1.54, 1.807) is 19.5 Å². The van der Waals surface area contributed by atoms with Crippen LogP contribution in [-0.2, 0) is 0 Å². The van der Waals surface area contributed by atoms with Crippen LogP contribution in [-0.4, -0.2) is 22.2 Å². The summed E-state index contributed by atoms with van der Waals surface area (Å²) in [5.41, 5.74) is 8.54. The van der Waals surface area contributed by atoms with E-state index in [-0.39, 0.29) is 12.1 Å². The third-order valence-corrected chi connectivity index (χ3v) is 4.08. The van der Waals surface area contributed by atoms with E-state index in [0.29, 0.717) is 11.7 Å². The van der Waals surface area contributed by atoms with Crippen LogP contribution in [0, 0.1) is 0 Å². The maximum absolute atomic E-state index is 5.42. The highest BCUT2D eigenvalue weighted by atomic mass is 16.5. The topological polar surface area (TPSA) is 85.1 Å². The number of hydrogen-bond donors (Lipinski definition) is 2. The summed E-state index contributed by atoms with van der Waals surface area (Å²) >= 11 is 0. The minimum absolute atomic E-state index is 0.0377. The van der Waals surface area contributed by atoms with Crippen molar-refractivity contribution < 1.29 is 9.26 Å². The van der Waals surface area contributed by atoms with Gasteiger partial charge in [0.1, 0.15) is 11.8 Å². The first-order valence-electron chi connectivity index (χ1n) is 7.72. The van der Waals surface area contributed by atoms with Crippen LogP contribution in [0.15, 0.2) is 53.3 Å². The zero-order chi connectivity index (χ0) is 16.4. The molecule has 3 aromatic rings. The summed E-state index contributed by atoms with van der Waals surface area (Å²) in [5.74, 6) is 1.98. The van der Waals surface area contributed by atoms with Gasteiger partial charge in [-0.25, -0.2) is 10.9 Å². The molecule has 7 nitrogen and oxygen atoms in total. The lowest BCUT2D eigenvalue weighted by molar-refractivity contribution is 0.340. The first-order valence-corrected chi connectivity index (χ1v) is 7.72. The Morgan fingerprint density at radius 3 is 2.79 bits per heavy atom. The minimum atomic E-state index is -0.0377. The molecule has 0 saturated carbocycles. The van der Waals surface area contributed by atoms with Gasteiger partial charge in [-0.3, -0.25) is 4.98 Å². The molecule has 2 N–H and O–H groups in total. The number of ether oxygens (including phenoxy) is 1. The van der Waals surface area contributed by atoms with Gasteiger partial charge >= 0.3 is 0 Å². The van der Waals surface area contributed by atoms with Crippen LogP contribution in [0.5, 0.6) is 5.75 Å². The molecule has 0 amide bonds. The van der Waals surface area contributed by atoms with Gasteiger partial charge < -0.3 is 9.26 Å². The van der Waals surface area contributed by atoms with Gasteiger partial charge in [-0.2, -0.15) is 4.98 Å². The van der Waals surface area contributed by atoms with Crippen LogP contribution in [0.1, 0.15) is 30.0 Å². The Balaban J connectivity index is 1.50. The lowest BCUT2D eigenvalue weighted by Crippen LogP contribution is -2.26. The molecule has 0 aliphatic carbocycles. The molecule has 1 aromatic carbocycles. The van der Waals surface area contributed by atoms with Crippen molar-refractivity contribution >= 4 is 0 Å². The van der Waals surface area contributed by atoms with E-state index in [9.17, 15) is 0 Å². The summed E-state index contributed by atoms with van der Waals surface area (Å²) in [4.78, 5) is 8.49. The van der Waals surface area contributed by atoms with Crippen molar-refractivity contribution in [3.05, 3.63) is 60.2 Å². The van der Waals surface area contributed by atoms with Gasteiger partial charge in [-0.05, 0) is 36.2 Å². The number of rotatable bonds is 4. The Hall–Kier alpha value is -2.77. The zero-order valence-corrected chi connectivity index (χ0v) is 13.1. The summed E-state index contributed by atoms with van der Waals surface area (Å²) in [7, 11) is 1.67. The molecule has 0 radical (unpaired) electrons. The SMILES string of the molecule is COc1cccc(C2CC(c3nc(-c4ccncc4)no3)NN2)c1. The van der Waals surface area contributed by atoms with Crippen molar-refractivity contribution in [1.29, 1.82) is 0 Å². The van der Waals surface area contributed by atoms with Gasteiger partial charge in [0, 0.05) is 24.0 Å². The summed E-state index contributed by atoms with van der Waals surface area (Å²) in [6.07, 6.45) is 4.23. The zero-order valence-electron chi connectivity index (χ0n) is 13.1. The highest BCUT2D eigenvalue weighted by Crippen LogP contribution is 2.32. The number of nitrogens with zero attached hydrogens (tertiary/aromatic N) is 3. The molecular formula is C17H17N5O2. The molecule has 2 atom stereocenters. The first kappa shape index (κ1) is 14.8. The van der Waals surface area contributed by atoms with Gasteiger partial charge in [-0.1, -0.05) is 17.3 Å². The quantitative estimate of drug-likeness (QED) is 0.762. The molecule has 1 saturated heterocycles. The van der Waals surface area contributed by atoms with Gasteiger partial charge in [0.25, 0.3) is 0 Å². The molecule has 2 unspecified atom stereocenters.